The standard InChI is InChI=1S/C19H18F2/c20-13-10-17(16-8-3-9-19(21)18(16)11-13)15-7-2-5-12-4-1-6-14(12)15/h2,5,7,10-11,19H,1,3-4,6,8-9H2. The molecule has 0 fully saturated rings. The maximum absolute atomic E-state index is 14.2. The number of fused-ring (bicyclic) bond motifs is 2. The molecule has 108 valence electrons. The highest BCUT2D eigenvalue weighted by atomic mass is 19.1. The Hall–Kier alpha value is -1.70. The molecule has 2 aromatic carbocycles. The van der Waals surface area contributed by atoms with E-state index in [2.05, 4.69) is 12.1 Å². The van der Waals surface area contributed by atoms with Crippen molar-refractivity contribution in [1.82, 2.24) is 0 Å². The molecular weight excluding hydrogens is 266 g/mol. The summed E-state index contributed by atoms with van der Waals surface area (Å²) in [6.07, 6.45) is 4.53. The highest BCUT2D eigenvalue weighted by molar-refractivity contribution is 5.74. The summed E-state index contributed by atoms with van der Waals surface area (Å²) in [7, 11) is 0. The Kier molecular flexibility index (Phi) is 3.06. The molecule has 0 nitrogen and oxygen atoms in total. The molecule has 0 bridgehead atoms. The predicted octanol–water partition coefficient (Wildman–Crippen LogP) is 5.33. The Balaban J connectivity index is 1.96. The van der Waals surface area contributed by atoms with Gasteiger partial charge in [-0.25, -0.2) is 8.78 Å². The van der Waals surface area contributed by atoms with Crippen LogP contribution in [0.25, 0.3) is 11.1 Å². The van der Waals surface area contributed by atoms with E-state index in [1.54, 1.807) is 6.07 Å². The fraction of sp³-hybridized carbons (Fsp3) is 0.368. The fourth-order valence-corrected chi connectivity index (χ4v) is 3.94. The monoisotopic (exact) mass is 284 g/mol. The fourth-order valence-electron chi connectivity index (χ4n) is 3.94. The zero-order valence-electron chi connectivity index (χ0n) is 12.0. The van der Waals surface area contributed by atoms with Crippen molar-refractivity contribution in [1.29, 1.82) is 0 Å². The summed E-state index contributed by atoms with van der Waals surface area (Å²) >= 11 is 0. The van der Waals surface area contributed by atoms with Gasteiger partial charge in [0.1, 0.15) is 12.0 Å². The largest absolute Gasteiger partial charge is 0.242 e. The number of hydrogen-bond acceptors (Lipinski definition) is 0. The lowest BCUT2D eigenvalue weighted by atomic mass is 9.83. The minimum absolute atomic E-state index is 0.316. The van der Waals surface area contributed by atoms with Gasteiger partial charge in [-0.05, 0) is 84.0 Å². The molecule has 2 aliphatic rings. The molecule has 1 atom stereocenters. The summed E-state index contributed by atoms with van der Waals surface area (Å²) in [6.45, 7) is 0. The quantitative estimate of drug-likeness (QED) is 0.664. The van der Waals surface area contributed by atoms with E-state index in [-0.39, 0.29) is 5.82 Å². The van der Waals surface area contributed by atoms with E-state index >= 15 is 0 Å². The van der Waals surface area contributed by atoms with Crippen molar-refractivity contribution in [3.63, 3.8) is 0 Å². The molecule has 0 aromatic heterocycles. The minimum atomic E-state index is -1.01. The van der Waals surface area contributed by atoms with Crippen molar-refractivity contribution < 1.29 is 8.78 Å². The Morgan fingerprint density at radius 3 is 2.67 bits per heavy atom. The molecule has 0 radical (unpaired) electrons. The van der Waals surface area contributed by atoms with Crippen LogP contribution >= 0.6 is 0 Å². The zero-order chi connectivity index (χ0) is 14.4. The molecule has 0 aliphatic heterocycles. The Morgan fingerprint density at radius 2 is 1.76 bits per heavy atom. The molecular formula is C19H18F2. The van der Waals surface area contributed by atoms with Crippen LogP contribution in [-0.4, -0.2) is 0 Å². The SMILES string of the molecule is Fc1cc(-c2cccc3c2CCC3)c2c(c1)C(F)CCC2. The number of aryl methyl sites for hydroxylation is 1. The highest BCUT2D eigenvalue weighted by Crippen LogP contribution is 2.41. The first-order valence-corrected chi connectivity index (χ1v) is 7.81. The van der Waals surface area contributed by atoms with E-state index in [4.69, 9.17) is 0 Å². The summed E-state index contributed by atoms with van der Waals surface area (Å²) in [4.78, 5) is 0. The van der Waals surface area contributed by atoms with Gasteiger partial charge >= 0.3 is 0 Å². The van der Waals surface area contributed by atoms with Crippen LogP contribution in [-0.2, 0) is 19.3 Å². The summed E-state index contributed by atoms with van der Waals surface area (Å²) in [5.74, 6) is -0.316. The molecule has 21 heavy (non-hydrogen) atoms. The number of rotatable bonds is 1. The van der Waals surface area contributed by atoms with Gasteiger partial charge in [-0.1, -0.05) is 18.2 Å². The zero-order valence-corrected chi connectivity index (χ0v) is 12.0. The van der Waals surface area contributed by atoms with E-state index in [1.165, 1.54) is 17.2 Å². The van der Waals surface area contributed by atoms with Crippen LogP contribution < -0.4 is 0 Å². The molecule has 4 rings (SSSR count). The lowest BCUT2D eigenvalue weighted by Crippen LogP contribution is -2.09. The second-order valence-corrected chi connectivity index (χ2v) is 6.18. The molecule has 2 aliphatic carbocycles. The van der Waals surface area contributed by atoms with E-state index in [1.807, 2.05) is 6.07 Å². The second kappa shape index (κ2) is 4.94. The first-order valence-electron chi connectivity index (χ1n) is 7.81. The molecule has 1 unspecified atom stereocenters. The third-order valence-corrected chi connectivity index (χ3v) is 4.91. The predicted molar refractivity (Wildman–Crippen MR) is 80.6 cm³/mol. The van der Waals surface area contributed by atoms with Crippen molar-refractivity contribution in [3.05, 3.63) is 58.4 Å². The first kappa shape index (κ1) is 13.0. The molecule has 0 saturated carbocycles. The van der Waals surface area contributed by atoms with E-state index in [0.29, 0.717) is 12.0 Å². The number of hydrogen-bond donors (Lipinski definition) is 0. The van der Waals surface area contributed by atoms with E-state index in [9.17, 15) is 8.78 Å². The van der Waals surface area contributed by atoms with Crippen LogP contribution in [0.15, 0.2) is 30.3 Å². The van der Waals surface area contributed by atoms with Crippen molar-refractivity contribution in [3.8, 4) is 11.1 Å². The van der Waals surface area contributed by atoms with Gasteiger partial charge in [0.05, 0.1) is 0 Å². The van der Waals surface area contributed by atoms with Crippen molar-refractivity contribution in [2.45, 2.75) is 44.7 Å². The van der Waals surface area contributed by atoms with Gasteiger partial charge in [0.15, 0.2) is 0 Å². The summed E-state index contributed by atoms with van der Waals surface area (Å²) < 4.78 is 28.2. The third-order valence-electron chi connectivity index (χ3n) is 4.91. The lowest BCUT2D eigenvalue weighted by molar-refractivity contribution is 0.301. The van der Waals surface area contributed by atoms with Crippen molar-refractivity contribution in [2.24, 2.45) is 0 Å². The minimum Gasteiger partial charge on any atom is -0.242 e. The lowest BCUT2D eigenvalue weighted by Gasteiger charge is -2.24. The Morgan fingerprint density at radius 1 is 0.905 bits per heavy atom. The van der Waals surface area contributed by atoms with Crippen LogP contribution in [0.1, 0.15) is 47.7 Å². The van der Waals surface area contributed by atoms with Crippen molar-refractivity contribution in [2.75, 3.05) is 0 Å². The maximum Gasteiger partial charge on any atom is 0.126 e. The highest BCUT2D eigenvalue weighted by Gasteiger charge is 2.25. The van der Waals surface area contributed by atoms with Crippen LogP contribution in [0.2, 0.25) is 0 Å². The number of alkyl halides is 1. The van der Waals surface area contributed by atoms with Crippen LogP contribution in [0, 0.1) is 5.82 Å². The van der Waals surface area contributed by atoms with Gasteiger partial charge in [0.25, 0.3) is 0 Å². The smallest absolute Gasteiger partial charge is 0.126 e. The topological polar surface area (TPSA) is 0 Å². The average molecular weight is 284 g/mol. The molecule has 2 heteroatoms. The molecule has 0 N–H and O–H groups in total. The summed E-state index contributed by atoms with van der Waals surface area (Å²) in [6, 6.07) is 9.28. The van der Waals surface area contributed by atoms with Crippen molar-refractivity contribution >= 4 is 0 Å². The number of halogens is 2. The molecule has 0 heterocycles. The van der Waals surface area contributed by atoms with Gasteiger partial charge in [0.2, 0.25) is 0 Å². The van der Waals surface area contributed by atoms with Gasteiger partial charge in [-0.15, -0.1) is 0 Å². The molecule has 0 saturated heterocycles. The second-order valence-electron chi connectivity index (χ2n) is 6.18. The Labute approximate surface area is 123 Å². The van der Waals surface area contributed by atoms with Gasteiger partial charge in [-0.2, -0.15) is 0 Å². The Bertz CT molecular complexity index is 703. The summed E-state index contributed by atoms with van der Waals surface area (Å²) in [5.41, 5.74) is 6.35. The van der Waals surface area contributed by atoms with Gasteiger partial charge in [0, 0.05) is 0 Å². The van der Waals surface area contributed by atoms with Crippen LogP contribution in [0.5, 0.6) is 0 Å². The molecule has 0 spiro atoms. The van der Waals surface area contributed by atoms with Crippen LogP contribution in [0.4, 0.5) is 8.78 Å². The summed E-state index contributed by atoms with van der Waals surface area (Å²) in [5, 5.41) is 0. The first-order chi connectivity index (χ1) is 10.2. The van der Waals surface area contributed by atoms with Gasteiger partial charge < -0.3 is 0 Å². The normalized spacial score (nSPS) is 20.2. The third kappa shape index (κ3) is 2.08. The van der Waals surface area contributed by atoms with E-state index in [0.717, 1.165) is 48.8 Å². The number of benzene rings is 2. The van der Waals surface area contributed by atoms with Gasteiger partial charge in [-0.3, -0.25) is 0 Å². The van der Waals surface area contributed by atoms with Crippen LogP contribution in [0.3, 0.4) is 0 Å². The molecule has 0 amide bonds. The average Bonchev–Trinajstić information content (AvgIpc) is 2.96. The van der Waals surface area contributed by atoms with E-state index < -0.39 is 6.17 Å². The maximum atomic E-state index is 14.2. The molecule has 2 aromatic rings.